The maximum atomic E-state index is 11.0. The quantitative estimate of drug-likeness (QED) is 0.295. The van der Waals surface area contributed by atoms with Gasteiger partial charge < -0.3 is 21.3 Å². The Morgan fingerprint density at radius 1 is 1.46 bits per heavy atom. The van der Waals surface area contributed by atoms with E-state index < -0.39 is 0 Å². The van der Waals surface area contributed by atoms with Gasteiger partial charge in [0, 0.05) is 45.2 Å². The van der Waals surface area contributed by atoms with E-state index in [0.29, 0.717) is 19.1 Å². The third-order valence-electron chi connectivity index (χ3n) is 3.97. The molecule has 1 saturated heterocycles. The molecule has 0 spiro atoms. The SMILES string of the molecule is CCNC(=NCc1csc(N(C)C)n1)NC1CCN(CC(N)=O)CC1.I. The number of aliphatic imine (C=N–C) groups is 1. The summed E-state index contributed by atoms with van der Waals surface area (Å²) in [4.78, 5) is 24.3. The smallest absolute Gasteiger partial charge is 0.231 e. The number of halogens is 1. The van der Waals surface area contributed by atoms with Crippen LogP contribution in [0.5, 0.6) is 0 Å². The van der Waals surface area contributed by atoms with Crippen LogP contribution in [0, 0.1) is 0 Å². The molecule has 2 rings (SSSR count). The van der Waals surface area contributed by atoms with E-state index in [9.17, 15) is 4.79 Å². The highest BCUT2D eigenvalue weighted by Gasteiger charge is 2.20. The first-order valence-electron chi connectivity index (χ1n) is 8.65. The zero-order valence-electron chi connectivity index (χ0n) is 15.7. The molecule has 0 bridgehead atoms. The first kappa shape index (κ1) is 22.9. The number of hydrogen-bond acceptors (Lipinski definition) is 6. The number of amides is 1. The highest BCUT2D eigenvalue weighted by atomic mass is 127. The summed E-state index contributed by atoms with van der Waals surface area (Å²) in [5.41, 5.74) is 6.23. The van der Waals surface area contributed by atoms with Crippen molar-refractivity contribution in [2.24, 2.45) is 10.7 Å². The number of rotatable bonds is 7. The summed E-state index contributed by atoms with van der Waals surface area (Å²) in [5, 5.41) is 9.82. The normalized spacial score (nSPS) is 16.0. The first-order chi connectivity index (χ1) is 12.0. The van der Waals surface area contributed by atoms with Crippen molar-refractivity contribution >= 4 is 52.3 Å². The zero-order chi connectivity index (χ0) is 18.2. The van der Waals surface area contributed by atoms with Crippen LogP contribution >= 0.6 is 35.3 Å². The second-order valence-electron chi connectivity index (χ2n) is 6.37. The molecule has 148 valence electrons. The van der Waals surface area contributed by atoms with Gasteiger partial charge in [0.05, 0.1) is 18.8 Å². The second-order valence-corrected chi connectivity index (χ2v) is 7.21. The minimum Gasteiger partial charge on any atom is -0.369 e. The van der Waals surface area contributed by atoms with E-state index in [4.69, 9.17) is 5.73 Å². The molecule has 0 unspecified atom stereocenters. The Hall–Kier alpha value is -1.14. The Balaban J connectivity index is 0.00000338. The highest BCUT2D eigenvalue weighted by molar-refractivity contribution is 14.0. The Kier molecular flexibility index (Phi) is 10.2. The fraction of sp³-hybridized carbons (Fsp3) is 0.688. The Morgan fingerprint density at radius 2 is 2.15 bits per heavy atom. The molecule has 10 heteroatoms. The zero-order valence-corrected chi connectivity index (χ0v) is 18.8. The van der Waals surface area contributed by atoms with Crippen LogP contribution in [0.1, 0.15) is 25.5 Å². The Labute approximate surface area is 176 Å². The van der Waals surface area contributed by atoms with E-state index in [0.717, 1.165) is 49.3 Å². The average molecular weight is 495 g/mol. The number of aromatic nitrogens is 1. The number of piperidine rings is 1. The van der Waals surface area contributed by atoms with Crippen molar-refractivity contribution < 1.29 is 4.79 Å². The summed E-state index contributed by atoms with van der Waals surface area (Å²) >= 11 is 1.62. The van der Waals surface area contributed by atoms with E-state index in [-0.39, 0.29) is 29.9 Å². The van der Waals surface area contributed by atoms with Crippen LogP contribution in [0.4, 0.5) is 5.13 Å². The Morgan fingerprint density at radius 3 is 2.69 bits per heavy atom. The summed E-state index contributed by atoms with van der Waals surface area (Å²) in [6.07, 6.45) is 1.94. The molecule has 0 saturated carbocycles. The van der Waals surface area contributed by atoms with Gasteiger partial charge in [-0.25, -0.2) is 9.98 Å². The molecule has 1 amide bonds. The van der Waals surface area contributed by atoms with Gasteiger partial charge in [0.15, 0.2) is 11.1 Å². The van der Waals surface area contributed by atoms with Crippen LogP contribution in [0.2, 0.25) is 0 Å². The lowest BCUT2D eigenvalue weighted by atomic mass is 10.1. The van der Waals surface area contributed by atoms with Gasteiger partial charge in [0.1, 0.15) is 0 Å². The number of thiazole rings is 1. The summed E-state index contributed by atoms with van der Waals surface area (Å²) in [6.45, 7) is 5.52. The largest absolute Gasteiger partial charge is 0.369 e. The van der Waals surface area contributed by atoms with Gasteiger partial charge in [-0.2, -0.15) is 0 Å². The fourth-order valence-electron chi connectivity index (χ4n) is 2.70. The molecule has 26 heavy (non-hydrogen) atoms. The van der Waals surface area contributed by atoms with E-state index in [1.54, 1.807) is 11.3 Å². The molecule has 4 N–H and O–H groups in total. The molecule has 1 aliphatic rings. The number of nitrogens with two attached hydrogens (primary N) is 1. The molecule has 0 atom stereocenters. The van der Waals surface area contributed by atoms with Crippen LogP contribution in [0.25, 0.3) is 0 Å². The maximum absolute atomic E-state index is 11.0. The summed E-state index contributed by atoms with van der Waals surface area (Å²) in [7, 11) is 3.98. The lowest BCUT2D eigenvalue weighted by Crippen LogP contribution is -2.49. The van der Waals surface area contributed by atoms with Crippen molar-refractivity contribution in [2.45, 2.75) is 32.4 Å². The van der Waals surface area contributed by atoms with Crippen LogP contribution < -0.4 is 21.3 Å². The molecule has 0 radical (unpaired) electrons. The number of anilines is 1. The minimum absolute atomic E-state index is 0. The molecule has 2 heterocycles. The summed E-state index contributed by atoms with van der Waals surface area (Å²) in [5.74, 6) is 0.553. The van der Waals surface area contributed by atoms with Gasteiger partial charge in [0.2, 0.25) is 5.91 Å². The van der Waals surface area contributed by atoms with Crippen molar-refractivity contribution in [1.29, 1.82) is 0 Å². The van der Waals surface area contributed by atoms with Gasteiger partial charge >= 0.3 is 0 Å². The molecule has 1 aliphatic heterocycles. The topological polar surface area (TPSA) is 98.9 Å². The second kappa shape index (κ2) is 11.5. The van der Waals surface area contributed by atoms with Gasteiger partial charge in [-0.3, -0.25) is 9.69 Å². The molecule has 1 fully saturated rings. The van der Waals surface area contributed by atoms with E-state index >= 15 is 0 Å². The molecular formula is C16H30IN7OS. The number of guanidine groups is 1. The van der Waals surface area contributed by atoms with E-state index in [2.05, 4.69) is 32.4 Å². The number of hydrogen-bond donors (Lipinski definition) is 3. The summed E-state index contributed by atoms with van der Waals surface area (Å²) < 4.78 is 0. The third kappa shape index (κ3) is 7.62. The van der Waals surface area contributed by atoms with E-state index in [1.165, 1.54) is 0 Å². The van der Waals surface area contributed by atoms with Crippen molar-refractivity contribution in [2.75, 3.05) is 45.2 Å². The van der Waals surface area contributed by atoms with Gasteiger partial charge in [0.25, 0.3) is 0 Å². The number of nitrogens with one attached hydrogen (secondary N) is 2. The predicted octanol–water partition coefficient (Wildman–Crippen LogP) is 0.832. The molecule has 1 aromatic heterocycles. The van der Waals surface area contributed by atoms with Crippen molar-refractivity contribution in [3.05, 3.63) is 11.1 Å². The number of nitrogens with zero attached hydrogens (tertiary/aromatic N) is 4. The molecule has 1 aromatic rings. The predicted molar refractivity (Wildman–Crippen MR) is 118 cm³/mol. The number of carbonyl (C=O) groups excluding carboxylic acids is 1. The van der Waals surface area contributed by atoms with Crippen molar-refractivity contribution in [1.82, 2.24) is 20.5 Å². The van der Waals surface area contributed by atoms with Crippen LogP contribution in [0.15, 0.2) is 10.4 Å². The lowest BCUT2D eigenvalue weighted by molar-refractivity contribution is -0.119. The molecule has 8 nitrogen and oxygen atoms in total. The Bertz CT molecular complexity index is 585. The molecule has 0 aliphatic carbocycles. The lowest BCUT2D eigenvalue weighted by Gasteiger charge is -2.32. The van der Waals surface area contributed by atoms with Gasteiger partial charge in [-0.1, -0.05) is 0 Å². The van der Waals surface area contributed by atoms with Gasteiger partial charge in [-0.05, 0) is 19.8 Å². The monoisotopic (exact) mass is 495 g/mol. The number of primary amides is 1. The van der Waals surface area contributed by atoms with Crippen LogP contribution in [-0.2, 0) is 11.3 Å². The van der Waals surface area contributed by atoms with Crippen LogP contribution in [0.3, 0.4) is 0 Å². The first-order valence-corrected chi connectivity index (χ1v) is 9.53. The molecule has 0 aromatic carbocycles. The maximum Gasteiger partial charge on any atom is 0.231 e. The van der Waals surface area contributed by atoms with Gasteiger partial charge in [-0.15, -0.1) is 35.3 Å². The van der Waals surface area contributed by atoms with Crippen LogP contribution in [-0.4, -0.2) is 68.1 Å². The van der Waals surface area contributed by atoms with Crippen molar-refractivity contribution in [3.63, 3.8) is 0 Å². The third-order valence-corrected chi connectivity index (χ3v) is 5.03. The van der Waals surface area contributed by atoms with E-state index in [1.807, 2.05) is 24.4 Å². The van der Waals surface area contributed by atoms with Crippen molar-refractivity contribution in [3.8, 4) is 0 Å². The minimum atomic E-state index is -0.262. The fourth-order valence-corrected chi connectivity index (χ4v) is 3.45. The average Bonchev–Trinajstić information content (AvgIpc) is 3.03. The number of carbonyl (C=O) groups is 1. The summed E-state index contributed by atoms with van der Waals surface area (Å²) in [6, 6.07) is 0.356. The standard InChI is InChI=1S/C16H29N7OS.HI/c1-4-18-15(19-9-13-11-25-16(21-13)22(2)3)20-12-5-7-23(8-6-12)10-14(17)24;/h11-12H,4-10H2,1-3H3,(H2,17,24)(H2,18,19,20);1H. The molecular weight excluding hydrogens is 465 g/mol. The highest BCUT2D eigenvalue weighted by Crippen LogP contribution is 2.18. The number of likely N-dealkylation sites (tertiary alicyclic amines) is 1.